The molecule has 0 saturated carbocycles. The van der Waals surface area contributed by atoms with E-state index in [9.17, 15) is 0 Å². The van der Waals surface area contributed by atoms with Crippen LogP contribution in [-0.4, -0.2) is 34.3 Å². The fourth-order valence-corrected chi connectivity index (χ4v) is 3.18. The maximum Gasteiger partial charge on any atom is 0.245 e. The lowest BCUT2D eigenvalue weighted by molar-refractivity contribution is 0.500. The van der Waals surface area contributed by atoms with Crippen molar-refractivity contribution in [3.05, 3.63) is 27.1 Å². The standard InChI is InChI=1S/C13H15Br2N5/c14-8-3-4-11(15)10(6-8)12-17-13(19-18-12)20-5-1-2-9(16)7-20/h3-4,6,9H,1-2,5,7,16H2,(H,17,18,19). The van der Waals surface area contributed by atoms with Crippen molar-refractivity contribution < 1.29 is 0 Å². The van der Waals surface area contributed by atoms with Crippen molar-refractivity contribution in [3.8, 4) is 11.4 Å². The number of nitrogens with one attached hydrogen (secondary N) is 1. The summed E-state index contributed by atoms with van der Waals surface area (Å²) >= 11 is 7.01. The Bertz CT molecular complexity index is 613. The van der Waals surface area contributed by atoms with Gasteiger partial charge in [-0.25, -0.2) is 0 Å². The van der Waals surface area contributed by atoms with Crippen LogP contribution in [0.25, 0.3) is 11.4 Å². The van der Waals surface area contributed by atoms with Crippen LogP contribution in [0.4, 0.5) is 5.95 Å². The fourth-order valence-electron chi connectivity index (χ4n) is 2.39. The smallest absolute Gasteiger partial charge is 0.245 e. The van der Waals surface area contributed by atoms with Crippen molar-refractivity contribution >= 4 is 37.8 Å². The van der Waals surface area contributed by atoms with Crippen molar-refractivity contribution in [2.24, 2.45) is 5.73 Å². The van der Waals surface area contributed by atoms with E-state index in [0.717, 1.165) is 52.2 Å². The molecule has 5 nitrogen and oxygen atoms in total. The lowest BCUT2D eigenvalue weighted by Crippen LogP contribution is -2.43. The summed E-state index contributed by atoms with van der Waals surface area (Å²) in [7, 11) is 0. The van der Waals surface area contributed by atoms with Crippen LogP contribution >= 0.6 is 31.9 Å². The van der Waals surface area contributed by atoms with Crippen LogP contribution in [0.15, 0.2) is 27.1 Å². The zero-order chi connectivity index (χ0) is 14.1. The van der Waals surface area contributed by atoms with E-state index < -0.39 is 0 Å². The van der Waals surface area contributed by atoms with Crippen LogP contribution in [0, 0.1) is 0 Å². The van der Waals surface area contributed by atoms with E-state index in [1.807, 2.05) is 18.2 Å². The number of aromatic amines is 1. The molecule has 0 radical (unpaired) electrons. The summed E-state index contributed by atoms with van der Waals surface area (Å²) in [6.45, 7) is 1.78. The zero-order valence-electron chi connectivity index (χ0n) is 10.8. The first kappa shape index (κ1) is 14.0. The van der Waals surface area contributed by atoms with Gasteiger partial charge in [0.2, 0.25) is 5.95 Å². The van der Waals surface area contributed by atoms with Gasteiger partial charge in [-0.3, -0.25) is 5.10 Å². The lowest BCUT2D eigenvalue weighted by Gasteiger charge is -2.29. The SMILES string of the molecule is NC1CCCN(c2n[nH]c(-c3cc(Br)ccc3Br)n2)C1. The summed E-state index contributed by atoms with van der Waals surface area (Å²) in [5.41, 5.74) is 6.99. The Morgan fingerprint density at radius 3 is 3.00 bits per heavy atom. The molecule has 0 bridgehead atoms. The number of halogens is 2. The molecule has 1 aliphatic rings. The number of anilines is 1. The molecule has 1 fully saturated rings. The highest BCUT2D eigenvalue weighted by Crippen LogP contribution is 2.29. The molecular formula is C13H15Br2N5. The van der Waals surface area contributed by atoms with E-state index in [1.54, 1.807) is 0 Å². The van der Waals surface area contributed by atoms with Crippen molar-refractivity contribution in [3.63, 3.8) is 0 Å². The lowest BCUT2D eigenvalue weighted by atomic mass is 10.1. The van der Waals surface area contributed by atoms with Gasteiger partial charge in [-0.2, -0.15) is 4.98 Å². The second-order valence-corrected chi connectivity index (χ2v) is 6.73. The molecular weight excluding hydrogens is 386 g/mol. The minimum atomic E-state index is 0.211. The molecule has 1 aliphatic heterocycles. The van der Waals surface area contributed by atoms with E-state index in [4.69, 9.17) is 5.73 Å². The summed E-state index contributed by atoms with van der Waals surface area (Å²) in [6, 6.07) is 6.19. The Morgan fingerprint density at radius 1 is 1.35 bits per heavy atom. The number of H-pyrrole nitrogens is 1. The molecule has 1 unspecified atom stereocenters. The molecule has 0 spiro atoms. The molecule has 0 amide bonds. The van der Waals surface area contributed by atoms with Gasteiger partial charge in [0, 0.05) is 33.6 Å². The average Bonchev–Trinajstić information content (AvgIpc) is 2.91. The third-order valence-electron chi connectivity index (χ3n) is 3.40. The Kier molecular flexibility index (Phi) is 4.09. The Morgan fingerprint density at radius 2 is 2.20 bits per heavy atom. The largest absolute Gasteiger partial charge is 0.338 e. The van der Waals surface area contributed by atoms with Crippen molar-refractivity contribution in [2.75, 3.05) is 18.0 Å². The number of piperidine rings is 1. The summed E-state index contributed by atoms with van der Waals surface area (Å²) < 4.78 is 1.99. The third-order valence-corrected chi connectivity index (χ3v) is 4.58. The Hall–Kier alpha value is -0.920. The van der Waals surface area contributed by atoms with Crippen LogP contribution in [0.3, 0.4) is 0 Å². The molecule has 7 heteroatoms. The molecule has 20 heavy (non-hydrogen) atoms. The highest BCUT2D eigenvalue weighted by molar-refractivity contribution is 9.11. The van der Waals surface area contributed by atoms with Gasteiger partial charge in [0.05, 0.1) is 0 Å². The van der Waals surface area contributed by atoms with Gasteiger partial charge < -0.3 is 10.6 Å². The average molecular weight is 401 g/mol. The number of nitrogens with zero attached hydrogens (tertiary/aromatic N) is 3. The Balaban J connectivity index is 1.88. The van der Waals surface area contributed by atoms with Crippen LogP contribution in [-0.2, 0) is 0 Å². The van der Waals surface area contributed by atoms with E-state index in [0.29, 0.717) is 0 Å². The fraction of sp³-hybridized carbons (Fsp3) is 0.385. The van der Waals surface area contributed by atoms with Crippen LogP contribution in [0.5, 0.6) is 0 Å². The number of benzene rings is 1. The highest BCUT2D eigenvalue weighted by atomic mass is 79.9. The van der Waals surface area contributed by atoms with Gasteiger partial charge in [-0.1, -0.05) is 31.9 Å². The number of aromatic nitrogens is 3. The van der Waals surface area contributed by atoms with Gasteiger partial charge in [0.1, 0.15) is 0 Å². The summed E-state index contributed by atoms with van der Waals surface area (Å²) in [5, 5.41) is 7.33. The molecule has 1 saturated heterocycles. The van der Waals surface area contributed by atoms with Crippen molar-refractivity contribution in [2.45, 2.75) is 18.9 Å². The first-order valence-electron chi connectivity index (χ1n) is 6.52. The van der Waals surface area contributed by atoms with Crippen LogP contribution < -0.4 is 10.6 Å². The normalized spacial score (nSPS) is 19.4. The first-order valence-corrected chi connectivity index (χ1v) is 8.10. The molecule has 2 aromatic rings. The zero-order valence-corrected chi connectivity index (χ0v) is 14.0. The van der Waals surface area contributed by atoms with E-state index in [1.165, 1.54) is 0 Å². The molecule has 0 aliphatic carbocycles. The second kappa shape index (κ2) is 5.83. The van der Waals surface area contributed by atoms with E-state index >= 15 is 0 Å². The molecule has 106 valence electrons. The maximum absolute atomic E-state index is 6.00. The number of nitrogens with two attached hydrogens (primary N) is 1. The van der Waals surface area contributed by atoms with Gasteiger partial charge in [-0.05, 0) is 31.0 Å². The molecule has 1 aromatic heterocycles. The second-order valence-electron chi connectivity index (χ2n) is 4.96. The summed E-state index contributed by atoms with van der Waals surface area (Å²) in [4.78, 5) is 6.73. The maximum atomic E-state index is 6.00. The highest BCUT2D eigenvalue weighted by Gasteiger charge is 2.20. The van der Waals surface area contributed by atoms with Gasteiger partial charge in [-0.15, -0.1) is 5.10 Å². The molecule has 3 rings (SSSR count). The molecule has 1 atom stereocenters. The van der Waals surface area contributed by atoms with Crippen LogP contribution in [0.2, 0.25) is 0 Å². The molecule has 2 heterocycles. The van der Waals surface area contributed by atoms with E-state index in [-0.39, 0.29) is 6.04 Å². The van der Waals surface area contributed by atoms with Gasteiger partial charge >= 0.3 is 0 Å². The number of hydrogen-bond acceptors (Lipinski definition) is 4. The van der Waals surface area contributed by atoms with Gasteiger partial charge in [0.25, 0.3) is 0 Å². The molecule has 3 N–H and O–H groups in total. The first-order chi connectivity index (χ1) is 9.63. The van der Waals surface area contributed by atoms with E-state index in [2.05, 4.69) is 51.9 Å². The topological polar surface area (TPSA) is 70.8 Å². The van der Waals surface area contributed by atoms with Crippen LogP contribution in [0.1, 0.15) is 12.8 Å². The quantitative estimate of drug-likeness (QED) is 0.812. The number of hydrogen-bond donors (Lipinski definition) is 2. The minimum absolute atomic E-state index is 0.211. The van der Waals surface area contributed by atoms with Gasteiger partial charge in [0.15, 0.2) is 5.82 Å². The number of rotatable bonds is 2. The third kappa shape index (κ3) is 2.89. The predicted octanol–water partition coefficient (Wildman–Crippen LogP) is 2.92. The Labute approximate surface area is 134 Å². The monoisotopic (exact) mass is 399 g/mol. The minimum Gasteiger partial charge on any atom is -0.338 e. The molecule has 1 aromatic carbocycles. The summed E-state index contributed by atoms with van der Waals surface area (Å²) in [5.74, 6) is 1.48. The summed E-state index contributed by atoms with van der Waals surface area (Å²) in [6.07, 6.45) is 2.16. The predicted molar refractivity (Wildman–Crippen MR) is 86.6 cm³/mol. The van der Waals surface area contributed by atoms with Crippen molar-refractivity contribution in [1.82, 2.24) is 15.2 Å². The van der Waals surface area contributed by atoms with Crippen molar-refractivity contribution in [1.29, 1.82) is 0 Å².